The van der Waals surface area contributed by atoms with Crippen molar-refractivity contribution in [3.63, 3.8) is 0 Å². The predicted octanol–water partition coefficient (Wildman–Crippen LogP) is 0.821. The number of hydrogen-bond acceptors (Lipinski definition) is 4. The van der Waals surface area contributed by atoms with Crippen LogP contribution in [0.3, 0.4) is 0 Å². The summed E-state index contributed by atoms with van der Waals surface area (Å²) < 4.78 is 0. The number of nitriles is 1. The minimum atomic E-state index is -0.428. The second-order valence-electron chi connectivity index (χ2n) is 5.55. The Morgan fingerprint density at radius 3 is 2.35 bits per heavy atom. The minimum absolute atomic E-state index is 0.0201. The van der Waals surface area contributed by atoms with Crippen LogP contribution < -0.4 is 0 Å². The Morgan fingerprint density at radius 2 is 1.82 bits per heavy atom. The van der Waals surface area contributed by atoms with Gasteiger partial charge in [0.15, 0.2) is 0 Å². The molecule has 4 nitrogen and oxygen atoms in total. The largest absolute Gasteiger partial charge is 0.389 e. The van der Waals surface area contributed by atoms with Gasteiger partial charge in [-0.3, -0.25) is 9.80 Å². The number of β-amino-alcohol motifs (C(OH)–C–C–N with tert-alkyl or cyclic N) is 1. The molecule has 2 fully saturated rings. The Balaban J connectivity index is 1.77. The van der Waals surface area contributed by atoms with Crippen molar-refractivity contribution in [1.82, 2.24) is 9.80 Å². The molecule has 0 aromatic heterocycles. The van der Waals surface area contributed by atoms with E-state index in [0.29, 0.717) is 0 Å². The third kappa shape index (κ3) is 3.19. The van der Waals surface area contributed by atoms with Crippen LogP contribution in [-0.2, 0) is 0 Å². The topological polar surface area (TPSA) is 50.5 Å². The van der Waals surface area contributed by atoms with E-state index >= 15 is 0 Å². The molecule has 2 aliphatic rings. The maximum Gasteiger partial charge on any atom is 0.0950 e. The number of hydrogen-bond donors (Lipinski definition) is 1. The number of nitrogens with zero attached hydrogens (tertiary/aromatic N) is 3. The van der Waals surface area contributed by atoms with E-state index in [2.05, 4.69) is 15.9 Å². The molecule has 1 saturated carbocycles. The highest BCUT2D eigenvalue weighted by molar-refractivity contribution is 4.92. The fourth-order valence-electron chi connectivity index (χ4n) is 3.00. The van der Waals surface area contributed by atoms with Gasteiger partial charge in [-0.15, -0.1) is 0 Å². The zero-order chi connectivity index (χ0) is 12.3. The second kappa shape index (κ2) is 5.34. The second-order valence-corrected chi connectivity index (χ2v) is 5.55. The molecule has 0 radical (unpaired) electrons. The first-order valence-electron chi connectivity index (χ1n) is 6.71. The molecule has 0 aromatic rings. The summed E-state index contributed by atoms with van der Waals surface area (Å²) in [6.45, 7) is 6.64. The van der Waals surface area contributed by atoms with Crippen LogP contribution in [0, 0.1) is 11.3 Å². The van der Waals surface area contributed by atoms with Crippen molar-refractivity contribution in [3.05, 3.63) is 0 Å². The van der Waals surface area contributed by atoms with E-state index in [1.54, 1.807) is 0 Å². The standard InChI is InChI=1S/C13H23N3O/c1-12(10-14)16-8-6-15(7-9-16)11-13(17)4-2-3-5-13/h12,17H,2-9,11H2,1H3. The van der Waals surface area contributed by atoms with Gasteiger partial charge >= 0.3 is 0 Å². The Hall–Kier alpha value is -0.630. The zero-order valence-electron chi connectivity index (χ0n) is 10.7. The summed E-state index contributed by atoms with van der Waals surface area (Å²) in [5.41, 5.74) is -0.428. The lowest BCUT2D eigenvalue weighted by Gasteiger charge is -2.39. The molecule has 1 aliphatic heterocycles. The molecule has 4 heteroatoms. The maximum atomic E-state index is 10.4. The number of piperazine rings is 1. The van der Waals surface area contributed by atoms with Crippen molar-refractivity contribution >= 4 is 0 Å². The lowest BCUT2D eigenvalue weighted by atomic mass is 10.0. The third-order valence-electron chi connectivity index (χ3n) is 4.19. The highest BCUT2D eigenvalue weighted by atomic mass is 16.3. The Kier molecular flexibility index (Phi) is 4.03. The monoisotopic (exact) mass is 237 g/mol. The van der Waals surface area contributed by atoms with Crippen LogP contribution in [0.2, 0.25) is 0 Å². The first-order valence-corrected chi connectivity index (χ1v) is 6.71. The van der Waals surface area contributed by atoms with Crippen LogP contribution in [0.5, 0.6) is 0 Å². The van der Waals surface area contributed by atoms with Gasteiger partial charge in [0.05, 0.1) is 17.7 Å². The fourth-order valence-corrected chi connectivity index (χ4v) is 3.00. The van der Waals surface area contributed by atoms with E-state index in [1.807, 2.05) is 6.92 Å². The normalized spacial score (nSPS) is 27.8. The SMILES string of the molecule is CC(C#N)N1CCN(CC2(O)CCCC2)CC1. The van der Waals surface area contributed by atoms with Gasteiger partial charge in [0.2, 0.25) is 0 Å². The summed E-state index contributed by atoms with van der Waals surface area (Å²) in [7, 11) is 0. The van der Waals surface area contributed by atoms with Crippen LogP contribution in [0.25, 0.3) is 0 Å². The predicted molar refractivity (Wildman–Crippen MR) is 66.5 cm³/mol. The van der Waals surface area contributed by atoms with Crippen molar-refractivity contribution in [3.8, 4) is 6.07 Å². The zero-order valence-corrected chi connectivity index (χ0v) is 10.7. The summed E-state index contributed by atoms with van der Waals surface area (Å²) in [5.74, 6) is 0. The maximum absolute atomic E-state index is 10.4. The molecule has 1 atom stereocenters. The van der Waals surface area contributed by atoms with E-state index in [4.69, 9.17) is 5.26 Å². The molecule has 2 rings (SSSR count). The molecule has 1 aliphatic carbocycles. The fraction of sp³-hybridized carbons (Fsp3) is 0.923. The van der Waals surface area contributed by atoms with Gasteiger partial charge in [-0.2, -0.15) is 5.26 Å². The highest BCUT2D eigenvalue weighted by Crippen LogP contribution is 2.30. The minimum Gasteiger partial charge on any atom is -0.389 e. The highest BCUT2D eigenvalue weighted by Gasteiger charge is 2.34. The van der Waals surface area contributed by atoms with Crippen molar-refractivity contribution < 1.29 is 5.11 Å². The Labute approximate surface area is 104 Å². The van der Waals surface area contributed by atoms with Crippen molar-refractivity contribution in [2.45, 2.75) is 44.2 Å². The van der Waals surface area contributed by atoms with Gasteiger partial charge in [-0.25, -0.2) is 0 Å². The molecule has 1 heterocycles. The van der Waals surface area contributed by atoms with E-state index in [-0.39, 0.29) is 6.04 Å². The smallest absolute Gasteiger partial charge is 0.0950 e. The molecule has 0 spiro atoms. The van der Waals surface area contributed by atoms with Gasteiger partial charge < -0.3 is 5.11 Å². The molecule has 17 heavy (non-hydrogen) atoms. The molecular formula is C13H23N3O. The quantitative estimate of drug-likeness (QED) is 0.789. The first-order chi connectivity index (χ1) is 8.13. The molecule has 0 aromatic carbocycles. The van der Waals surface area contributed by atoms with Crippen LogP contribution in [0.1, 0.15) is 32.6 Å². The van der Waals surface area contributed by atoms with E-state index < -0.39 is 5.60 Å². The Morgan fingerprint density at radius 1 is 1.24 bits per heavy atom. The van der Waals surface area contributed by atoms with E-state index in [0.717, 1.165) is 45.6 Å². The average molecular weight is 237 g/mol. The summed E-state index contributed by atoms with van der Waals surface area (Å²) in [5, 5.41) is 19.2. The van der Waals surface area contributed by atoms with Crippen LogP contribution in [0.15, 0.2) is 0 Å². The van der Waals surface area contributed by atoms with Gasteiger partial charge in [0, 0.05) is 32.7 Å². The summed E-state index contributed by atoms with van der Waals surface area (Å²) in [6.07, 6.45) is 4.26. The molecule has 96 valence electrons. The van der Waals surface area contributed by atoms with Gasteiger partial charge in [0.25, 0.3) is 0 Å². The van der Waals surface area contributed by atoms with Gasteiger partial charge in [-0.1, -0.05) is 12.8 Å². The average Bonchev–Trinajstić information content (AvgIpc) is 2.76. The molecule has 0 bridgehead atoms. The van der Waals surface area contributed by atoms with Crippen LogP contribution >= 0.6 is 0 Å². The molecule has 1 saturated heterocycles. The number of rotatable bonds is 3. The van der Waals surface area contributed by atoms with E-state index in [1.165, 1.54) is 12.8 Å². The Bertz CT molecular complexity index is 286. The van der Waals surface area contributed by atoms with Crippen molar-refractivity contribution in [2.24, 2.45) is 0 Å². The molecule has 1 unspecified atom stereocenters. The third-order valence-corrected chi connectivity index (χ3v) is 4.19. The van der Waals surface area contributed by atoms with Crippen molar-refractivity contribution in [2.75, 3.05) is 32.7 Å². The summed E-state index contributed by atoms with van der Waals surface area (Å²) in [6, 6.07) is 2.31. The summed E-state index contributed by atoms with van der Waals surface area (Å²) in [4.78, 5) is 4.57. The van der Waals surface area contributed by atoms with Crippen LogP contribution in [-0.4, -0.2) is 59.3 Å². The first kappa shape index (κ1) is 12.8. The lowest BCUT2D eigenvalue weighted by Crippen LogP contribution is -2.53. The van der Waals surface area contributed by atoms with Gasteiger partial charge in [0.1, 0.15) is 0 Å². The van der Waals surface area contributed by atoms with E-state index in [9.17, 15) is 5.11 Å². The number of aliphatic hydroxyl groups is 1. The molecule has 1 N–H and O–H groups in total. The lowest BCUT2D eigenvalue weighted by molar-refractivity contribution is -0.00617. The molecular weight excluding hydrogens is 214 g/mol. The summed E-state index contributed by atoms with van der Waals surface area (Å²) >= 11 is 0. The van der Waals surface area contributed by atoms with Crippen molar-refractivity contribution in [1.29, 1.82) is 5.26 Å². The van der Waals surface area contributed by atoms with Crippen LogP contribution in [0.4, 0.5) is 0 Å². The van der Waals surface area contributed by atoms with Gasteiger partial charge in [-0.05, 0) is 19.8 Å². The molecule has 0 amide bonds.